The smallest absolute Gasteiger partial charge is 0.321 e. The maximum atomic E-state index is 13.3. The summed E-state index contributed by atoms with van der Waals surface area (Å²) in [6.45, 7) is 3.85. The van der Waals surface area contributed by atoms with Crippen LogP contribution in [-0.2, 0) is 13.6 Å². The molecule has 0 saturated carbocycles. The van der Waals surface area contributed by atoms with Crippen molar-refractivity contribution < 1.29 is 18.4 Å². The van der Waals surface area contributed by atoms with Gasteiger partial charge in [-0.1, -0.05) is 54.0 Å². The molecule has 7 heteroatoms. The van der Waals surface area contributed by atoms with Gasteiger partial charge in [0, 0.05) is 5.56 Å². The van der Waals surface area contributed by atoms with Crippen molar-refractivity contribution >= 4 is 48.6 Å². The van der Waals surface area contributed by atoms with E-state index in [1.54, 1.807) is 32.0 Å². The van der Waals surface area contributed by atoms with Gasteiger partial charge in [-0.25, -0.2) is 0 Å². The van der Waals surface area contributed by atoms with Crippen LogP contribution in [0.4, 0.5) is 5.69 Å². The predicted molar refractivity (Wildman–Crippen MR) is 114 cm³/mol. The van der Waals surface area contributed by atoms with Crippen LogP contribution in [0.3, 0.4) is 0 Å². The molecule has 0 aliphatic heterocycles. The molecule has 2 radical (unpaired) electrons. The van der Waals surface area contributed by atoms with Crippen LogP contribution in [0.5, 0.6) is 0 Å². The molecule has 0 bridgehead atoms. The van der Waals surface area contributed by atoms with E-state index in [1.807, 2.05) is 36.4 Å². The lowest BCUT2D eigenvalue weighted by atomic mass is 9.96. The first-order valence-corrected chi connectivity index (χ1v) is 10.6. The zero-order valence-electron chi connectivity index (χ0n) is 15.8. The van der Waals surface area contributed by atoms with Crippen molar-refractivity contribution in [2.75, 3.05) is 18.5 Å². The molecule has 28 heavy (non-hydrogen) atoms. The molecule has 0 aromatic heterocycles. The average molecular weight is 393 g/mol. The molecule has 0 aliphatic rings. The minimum Gasteiger partial charge on any atom is -0.321 e. The molecular formula is C21H21BNO4P. The van der Waals surface area contributed by atoms with Crippen LogP contribution in [0, 0.1) is 0 Å². The minimum absolute atomic E-state index is 0.197. The molecule has 0 atom stereocenters. The van der Waals surface area contributed by atoms with Crippen molar-refractivity contribution in [3.8, 4) is 0 Å². The zero-order chi connectivity index (χ0) is 20.1. The number of anilines is 1. The Morgan fingerprint density at radius 1 is 1.00 bits per heavy atom. The van der Waals surface area contributed by atoms with Crippen molar-refractivity contribution in [3.05, 3.63) is 66.2 Å². The van der Waals surface area contributed by atoms with Gasteiger partial charge in [0.25, 0.3) is 5.91 Å². The van der Waals surface area contributed by atoms with Gasteiger partial charge in [0.15, 0.2) is 0 Å². The molecule has 0 heterocycles. The highest BCUT2D eigenvalue weighted by Gasteiger charge is 2.30. The number of amides is 1. The molecule has 0 spiro atoms. The van der Waals surface area contributed by atoms with E-state index in [-0.39, 0.29) is 24.4 Å². The van der Waals surface area contributed by atoms with Crippen LogP contribution in [0.1, 0.15) is 24.2 Å². The number of rotatable bonds is 7. The molecule has 1 N–H and O–H groups in total. The summed E-state index contributed by atoms with van der Waals surface area (Å²) in [6, 6.07) is 17.9. The Morgan fingerprint density at radius 2 is 1.68 bits per heavy atom. The summed E-state index contributed by atoms with van der Waals surface area (Å²) in [5, 5.41) is 4.87. The van der Waals surface area contributed by atoms with E-state index in [0.29, 0.717) is 16.7 Å². The molecule has 3 aromatic rings. The summed E-state index contributed by atoms with van der Waals surface area (Å²) in [5.41, 5.74) is 1.26. The summed E-state index contributed by atoms with van der Waals surface area (Å²) in [6.07, 6.45) is 0. The summed E-state index contributed by atoms with van der Waals surface area (Å²) < 4.78 is 24.1. The molecule has 1 amide bonds. The van der Waals surface area contributed by atoms with Crippen LogP contribution >= 0.6 is 7.60 Å². The number of hydrogen-bond donors (Lipinski definition) is 1. The Morgan fingerprint density at radius 3 is 2.39 bits per heavy atom. The fraction of sp³-hybridized carbons (Fsp3) is 0.190. The Bertz CT molecular complexity index is 1040. The molecule has 142 valence electrons. The van der Waals surface area contributed by atoms with E-state index >= 15 is 0 Å². The summed E-state index contributed by atoms with van der Waals surface area (Å²) in [7, 11) is 2.26. The van der Waals surface area contributed by atoms with Gasteiger partial charge < -0.3 is 14.4 Å². The quantitative estimate of drug-likeness (QED) is 0.490. The third-order valence-corrected chi connectivity index (χ3v) is 6.35. The second-order valence-electron chi connectivity index (χ2n) is 6.09. The molecule has 0 saturated heterocycles. The van der Waals surface area contributed by atoms with E-state index in [4.69, 9.17) is 16.9 Å². The van der Waals surface area contributed by atoms with E-state index in [1.165, 1.54) is 6.07 Å². The average Bonchev–Trinajstić information content (AvgIpc) is 2.69. The lowest BCUT2D eigenvalue weighted by molar-refractivity contribution is 0.102. The highest BCUT2D eigenvalue weighted by molar-refractivity contribution is 7.62. The van der Waals surface area contributed by atoms with Crippen LogP contribution in [0.25, 0.3) is 10.8 Å². The first-order valence-electron chi connectivity index (χ1n) is 9.07. The second kappa shape index (κ2) is 8.74. The van der Waals surface area contributed by atoms with Gasteiger partial charge >= 0.3 is 7.60 Å². The third-order valence-electron chi connectivity index (χ3n) is 4.20. The third kappa shape index (κ3) is 4.20. The van der Waals surface area contributed by atoms with Crippen molar-refractivity contribution in [1.29, 1.82) is 0 Å². The molecule has 3 rings (SSSR count). The van der Waals surface area contributed by atoms with Gasteiger partial charge in [-0.15, -0.1) is 0 Å². The summed E-state index contributed by atoms with van der Waals surface area (Å²) in [4.78, 5) is 13.0. The second-order valence-corrected chi connectivity index (χ2v) is 8.08. The number of hydrogen-bond acceptors (Lipinski definition) is 4. The van der Waals surface area contributed by atoms with Crippen LogP contribution < -0.4 is 16.1 Å². The van der Waals surface area contributed by atoms with E-state index in [2.05, 4.69) is 5.32 Å². The highest BCUT2D eigenvalue weighted by atomic mass is 31.2. The minimum atomic E-state index is -3.63. The van der Waals surface area contributed by atoms with Crippen molar-refractivity contribution in [2.45, 2.75) is 13.8 Å². The maximum absolute atomic E-state index is 13.3. The lowest BCUT2D eigenvalue weighted by Crippen LogP contribution is -2.24. The van der Waals surface area contributed by atoms with Crippen LogP contribution in [0.15, 0.2) is 60.7 Å². The van der Waals surface area contributed by atoms with Crippen molar-refractivity contribution in [3.63, 3.8) is 0 Å². The van der Waals surface area contributed by atoms with Gasteiger partial charge in [0.1, 0.15) is 7.85 Å². The standard InChI is InChI=1S/C21H21BNO4P/c1-3-26-28(25,27-4-2)20-14-16(22)12-13-19(20)23-21(24)18-11-7-9-15-8-5-6-10-17(15)18/h5-14H,3-4H2,1-2H3,(H,23,24). The number of nitrogens with one attached hydrogen (secondary N) is 1. The summed E-state index contributed by atoms with van der Waals surface area (Å²) >= 11 is 0. The molecule has 0 fully saturated rings. The van der Waals surface area contributed by atoms with Crippen LogP contribution in [-0.4, -0.2) is 27.0 Å². The highest BCUT2D eigenvalue weighted by Crippen LogP contribution is 2.48. The Hall–Kier alpha value is -2.40. The molecular weight excluding hydrogens is 372 g/mol. The van der Waals surface area contributed by atoms with Gasteiger partial charge in [-0.2, -0.15) is 0 Å². The predicted octanol–water partition coefficient (Wildman–Crippen LogP) is 3.78. The van der Waals surface area contributed by atoms with E-state index in [9.17, 15) is 9.36 Å². The van der Waals surface area contributed by atoms with Crippen LogP contribution in [0.2, 0.25) is 0 Å². The van der Waals surface area contributed by atoms with Gasteiger partial charge in [-0.3, -0.25) is 9.36 Å². The zero-order valence-corrected chi connectivity index (χ0v) is 16.7. The number of benzene rings is 3. The van der Waals surface area contributed by atoms with Crippen molar-refractivity contribution in [1.82, 2.24) is 0 Å². The lowest BCUT2D eigenvalue weighted by Gasteiger charge is -2.21. The van der Waals surface area contributed by atoms with Crippen molar-refractivity contribution in [2.24, 2.45) is 0 Å². The number of carbonyl (C=O) groups excluding carboxylic acids is 1. The topological polar surface area (TPSA) is 64.6 Å². The first kappa shape index (κ1) is 20.3. The fourth-order valence-electron chi connectivity index (χ4n) is 3.01. The normalized spacial score (nSPS) is 11.5. The van der Waals surface area contributed by atoms with Gasteiger partial charge in [0.2, 0.25) is 0 Å². The van der Waals surface area contributed by atoms with Gasteiger partial charge in [0.05, 0.1) is 24.2 Å². The largest absolute Gasteiger partial charge is 0.363 e. The fourth-order valence-corrected chi connectivity index (χ4v) is 4.78. The first-order chi connectivity index (χ1) is 13.5. The van der Waals surface area contributed by atoms with E-state index < -0.39 is 7.60 Å². The van der Waals surface area contributed by atoms with Gasteiger partial charge in [-0.05, 0) is 36.8 Å². The SMILES string of the molecule is [B]c1ccc(NC(=O)c2cccc3ccccc23)c(P(=O)(OCC)OCC)c1. The van der Waals surface area contributed by atoms with E-state index in [0.717, 1.165) is 10.8 Å². The Labute approximate surface area is 166 Å². The maximum Gasteiger partial charge on any atom is 0.363 e. The monoisotopic (exact) mass is 393 g/mol. The number of fused-ring (bicyclic) bond motifs is 1. The number of carbonyl (C=O) groups is 1. The molecule has 5 nitrogen and oxygen atoms in total. The molecule has 0 unspecified atom stereocenters. The molecule has 3 aromatic carbocycles. The Balaban J connectivity index is 2.02. The summed E-state index contributed by atoms with van der Waals surface area (Å²) in [5.74, 6) is -0.317. The molecule has 0 aliphatic carbocycles. The Kier molecular flexibility index (Phi) is 6.35.